The number of rotatable bonds is 4. The molecule has 1 saturated heterocycles. The van der Waals surface area contributed by atoms with E-state index in [-0.39, 0.29) is 12.4 Å². The van der Waals surface area contributed by atoms with Crippen LogP contribution in [0.25, 0.3) is 0 Å². The van der Waals surface area contributed by atoms with Crippen LogP contribution in [0.4, 0.5) is 0 Å². The Hall–Kier alpha value is -0.860. The molecule has 0 aromatic heterocycles. The lowest BCUT2D eigenvalue weighted by atomic mass is 10.0. The molecule has 0 bridgehead atoms. The number of benzene rings is 1. The average Bonchev–Trinajstić information content (AvgIpc) is 2.74. The van der Waals surface area contributed by atoms with Gasteiger partial charge < -0.3 is 10.1 Å². The number of carbonyl (C=O) groups is 1. The van der Waals surface area contributed by atoms with Gasteiger partial charge in [0.05, 0.1) is 0 Å². The highest BCUT2D eigenvalue weighted by Crippen LogP contribution is 2.12. The van der Waals surface area contributed by atoms with Crippen LogP contribution in [0.2, 0.25) is 0 Å². The van der Waals surface area contributed by atoms with Crippen molar-refractivity contribution in [2.75, 3.05) is 6.54 Å². The molecule has 1 aliphatic heterocycles. The summed E-state index contributed by atoms with van der Waals surface area (Å²) in [7, 11) is 0. The van der Waals surface area contributed by atoms with Gasteiger partial charge in [0.25, 0.3) is 0 Å². The predicted molar refractivity (Wildman–Crippen MR) is 68.2 cm³/mol. The second-order valence-electron chi connectivity index (χ2n) is 4.18. The summed E-state index contributed by atoms with van der Waals surface area (Å²) < 4.78 is 0. The molecule has 1 unspecified atom stereocenters. The minimum Gasteiger partial charge on any atom is -0.314 e. The predicted octanol–water partition coefficient (Wildman–Crippen LogP) is 2.14. The Morgan fingerprint density at radius 2 is 1.94 bits per heavy atom. The van der Waals surface area contributed by atoms with Crippen LogP contribution in [-0.2, 0) is 17.6 Å². The van der Waals surface area contributed by atoms with Crippen LogP contribution >= 0.6 is 12.4 Å². The van der Waals surface area contributed by atoms with Gasteiger partial charge in [0.2, 0.25) is 0 Å². The van der Waals surface area contributed by atoms with Crippen LogP contribution in [-0.4, -0.2) is 18.9 Å². The molecule has 16 heavy (non-hydrogen) atoms. The monoisotopic (exact) mass is 239 g/mol. The zero-order valence-electron chi connectivity index (χ0n) is 9.32. The lowest BCUT2D eigenvalue weighted by molar-refractivity contribution is -0.107. The minimum atomic E-state index is 0. The summed E-state index contributed by atoms with van der Waals surface area (Å²) in [6.07, 6.45) is 5.18. The molecule has 0 spiro atoms. The summed E-state index contributed by atoms with van der Waals surface area (Å²) in [6.45, 7) is 1.16. The van der Waals surface area contributed by atoms with Gasteiger partial charge in [0.15, 0.2) is 0 Å². The molecule has 88 valence electrons. The van der Waals surface area contributed by atoms with Crippen LogP contribution in [0.5, 0.6) is 0 Å². The normalized spacial score (nSPS) is 19.1. The second-order valence-corrected chi connectivity index (χ2v) is 4.18. The molecule has 1 aromatic carbocycles. The summed E-state index contributed by atoms with van der Waals surface area (Å²) in [4.78, 5) is 10.3. The van der Waals surface area contributed by atoms with Gasteiger partial charge in [-0.1, -0.05) is 24.3 Å². The lowest BCUT2D eigenvalue weighted by Gasteiger charge is -2.09. The van der Waals surface area contributed by atoms with Crippen LogP contribution < -0.4 is 5.32 Å². The Bertz CT molecular complexity index is 317. The standard InChI is InChI=1S/C13H17NO.ClH/c15-9-7-11-3-5-12(6-4-11)10-13-2-1-8-14-13;/h3-6,9,13-14H,1-2,7-8,10H2;1H. The van der Waals surface area contributed by atoms with E-state index in [1.807, 2.05) is 0 Å². The maximum atomic E-state index is 10.3. The number of nitrogens with one attached hydrogen (secondary N) is 1. The van der Waals surface area contributed by atoms with Crippen molar-refractivity contribution in [3.05, 3.63) is 35.4 Å². The average molecular weight is 240 g/mol. The summed E-state index contributed by atoms with van der Waals surface area (Å²) in [6, 6.07) is 9.04. The fourth-order valence-electron chi connectivity index (χ4n) is 2.12. The van der Waals surface area contributed by atoms with Crippen molar-refractivity contribution in [3.63, 3.8) is 0 Å². The Morgan fingerprint density at radius 3 is 2.50 bits per heavy atom. The van der Waals surface area contributed by atoms with Crippen molar-refractivity contribution in [1.82, 2.24) is 5.32 Å². The molecule has 0 aliphatic carbocycles. The molecule has 0 amide bonds. The quantitative estimate of drug-likeness (QED) is 0.816. The fourth-order valence-corrected chi connectivity index (χ4v) is 2.12. The Labute approximate surface area is 103 Å². The Morgan fingerprint density at radius 1 is 1.25 bits per heavy atom. The smallest absolute Gasteiger partial charge is 0.124 e. The SMILES string of the molecule is Cl.O=CCc1ccc(CC2CCCN2)cc1. The number of carbonyl (C=O) groups excluding carboxylic acids is 1. The van der Waals surface area contributed by atoms with Gasteiger partial charge in [0, 0.05) is 12.5 Å². The molecule has 2 rings (SSSR count). The zero-order chi connectivity index (χ0) is 10.5. The largest absolute Gasteiger partial charge is 0.314 e. The highest BCUT2D eigenvalue weighted by atomic mass is 35.5. The molecule has 0 radical (unpaired) electrons. The second kappa shape index (κ2) is 6.66. The number of hydrogen-bond donors (Lipinski definition) is 1. The van der Waals surface area contributed by atoms with Crippen LogP contribution in [0.3, 0.4) is 0 Å². The highest BCUT2D eigenvalue weighted by molar-refractivity contribution is 5.85. The third-order valence-electron chi connectivity index (χ3n) is 2.99. The summed E-state index contributed by atoms with van der Waals surface area (Å²) in [5, 5.41) is 3.49. The molecule has 1 fully saturated rings. The first-order chi connectivity index (χ1) is 7.38. The molecule has 1 aliphatic rings. The van der Waals surface area contributed by atoms with Crippen molar-refractivity contribution in [2.45, 2.75) is 31.7 Å². The van der Waals surface area contributed by atoms with E-state index in [9.17, 15) is 4.79 Å². The summed E-state index contributed by atoms with van der Waals surface area (Å²) in [5.41, 5.74) is 2.47. The maximum Gasteiger partial charge on any atom is 0.124 e. The Kier molecular flexibility index (Phi) is 5.50. The van der Waals surface area contributed by atoms with E-state index in [1.54, 1.807) is 0 Å². The van der Waals surface area contributed by atoms with Gasteiger partial charge in [-0.2, -0.15) is 0 Å². The van der Waals surface area contributed by atoms with Gasteiger partial charge in [-0.15, -0.1) is 12.4 Å². The van der Waals surface area contributed by atoms with E-state index in [4.69, 9.17) is 0 Å². The molecule has 1 N–H and O–H groups in total. The first kappa shape index (κ1) is 13.2. The van der Waals surface area contributed by atoms with Gasteiger partial charge in [0.1, 0.15) is 6.29 Å². The van der Waals surface area contributed by atoms with E-state index < -0.39 is 0 Å². The van der Waals surface area contributed by atoms with Gasteiger partial charge in [-0.05, 0) is 36.9 Å². The van der Waals surface area contributed by atoms with Crippen molar-refractivity contribution in [3.8, 4) is 0 Å². The topological polar surface area (TPSA) is 29.1 Å². The zero-order valence-corrected chi connectivity index (χ0v) is 10.1. The molecule has 2 nitrogen and oxygen atoms in total. The third kappa shape index (κ3) is 3.62. The van der Waals surface area contributed by atoms with Crippen molar-refractivity contribution >= 4 is 18.7 Å². The summed E-state index contributed by atoms with van der Waals surface area (Å²) in [5.74, 6) is 0. The van der Waals surface area contributed by atoms with Crippen molar-refractivity contribution in [1.29, 1.82) is 0 Å². The molecule has 0 saturated carbocycles. The van der Waals surface area contributed by atoms with E-state index in [1.165, 1.54) is 18.4 Å². The van der Waals surface area contributed by atoms with Gasteiger partial charge >= 0.3 is 0 Å². The first-order valence-corrected chi connectivity index (χ1v) is 5.63. The Balaban J connectivity index is 0.00000128. The van der Waals surface area contributed by atoms with Gasteiger partial charge in [-0.3, -0.25) is 0 Å². The van der Waals surface area contributed by atoms with Crippen LogP contribution in [0, 0.1) is 0 Å². The molecular formula is C13H18ClNO. The fraction of sp³-hybridized carbons (Fsp3) is 0.462. The van der Waals surface area contributed by atoms with Crippen molar-refractivity contribution < 1.29 is 4.79 Å². The number of halogens is 1. The van der Waals surface area contributed by atoms with E-state index in [0.29, 0.717) is 12.5 Å². The molecule has 1 atom stereocenters. The number of aldehydes is 1. The van der Waals surface area contributed by atoms with Crippen LogP contribution in [0.15, 0.2) is 24.3 Å². The molecular weight excluding hydrogens is 222 g/mol. The molecule has 1 heterocycles. The molecule has 1 aromatic rings. The van der Waals surface area contributed by atoms with Crippen molar-refractivity contribution in [2.24, 2.45) is 0 Å². The minimum absolute atomic E-state index is 0. The van der Waals surface area contributed by atoms with E-state index in [0.717, 1.165) is 24.8 Å². The number of hydrogen-bond acceptors (Lipinski definition) is 2. The summed E-state index contributed by atoms with van der Waals surface area (Å²) >= 11 is 0. The van der Waals surface area contributed by atoms with E-state index >= 15 is 0 Å². The first-order valence-electron chi connectivity index (χ1n) is 5.63. The maximum absolute atomic E-state index is 10.3. The van der Waals surface area contributed by atoms with Gasteiger partial charge in [-0.25, -0.2) is 0 Å². The lowest BCUT2D eigenvalue weighted by Crippen LogP contribution is -2.23. The highest BCUT2D eigenvalue weighted by Gasteiger charge is 2.13. The van der Waals surface area contributed by atoms with E-state index in [2.05, 4.69) is 29.6 Å². The molecule has 3 heteroatoms. The van der Waals surface area contributed by atoms with Crippen LogP contribution in [0.1, 0.15) is 24.0 Å². The third-order valence-corrected chi connectivity index (χ3v) is 2.99.